The lowest BCUT2D eigenvalue weighted by molar-refractivity contribution is -0.207. The van der Waals surface area contributed by atoms with Gasteiger partial charge in [-0.2, -0.15) is 0 Å². The van der Waals surface area contributed by atoms with Crippen LogP contribution in [0.3, 0.4) is 0 Å². The summed E-state index contributed by atoms with van der Waals surface area (Å²) in [6.07, 6.45) is 4.60. The molecule has 2 aliphatic heterocycles. The van der Waals surface area contributed by atoms with Gasteiger partial charge in [0.05, 0.1) is 12.0 Å². The summed E-state index contributed by atoms with van der Waals surface area (Å²) < 4.78 is 0. The summed E-state index contributed by atoms with van der Waals surface area (Å²) in [6.45, 7) is 6.52. The van der Waals surface area contributed by atoms with E-state index < -0.39 is 11.0 Å². The van der Waals surface area contributed by atoms with Crippen molar-refractivity contribution in [1.82, 2.24) is 15.3 Å². The first-order chi connectivity index (χ1) is 19.5. The van der Waals surface area contributed by atoms with Crippen LogP contribution in [0.2, 0.25) is 10.0 Å². The summed E-state index contributed by atoms with van der Waals surface area (Å²) in [5, 5.41) is 9.02. The molecule has 3 aliphatic rings. The zero-order valence-electron chi connectivity index (χ0n) is 23.8. The fourth-order valence-corrected chi connectivity index (χ4v) is 6.27. The van der Waals surface area contributed by atoms with E-state index in [2.05, 4.69) is 15.5 Å². The Bertz CT molecular complexity index is 1320. The van der Waals surface area contributed by atoms with E-state index in [1.54, 1.807) is 23.3 Å². The first-order valence-electron chi connectivity index (χ1n) is 14.3. The second-order valence-electron chi connectivity index (χ2n) is 12.4. The molecule has 2 heterocycles. The number of rotatable bonds is 8. The first kappa shape index (κ1) is 29.8. The molecule has 2 aromatic rings. The van der Waals surface area contributed by atoms with Crippen molar-refractivity contribution in [3.05, 3.63) is 63.6 Å². The van der Waals surface area contributed by atoms with E-state index in [-0.39, 0.29) is 36.4 Å². The van der Waals surface area contributed by atoms with Crippen molar-refractivity contribution in [3.63, 3.8) is 0 Å². The molecule has 10 heteroatoms. The molecule has 2 N–H and O–H groups in total. The van der Waals surface area contributed by atoms with Crippen LogP contribution in [0.15, 0.2) is 42.5 Å². The third-order valence-electron chi connectivity index (χ3n) is 8.36. The normalized spacial score (nSPS) is 21.8. The fraction of sp³-hybridized carbons (Fsp3) is 0.516. The van der Waals surface area contributed by atoms with Crippen LogP contribution >= 0.6 is 23.2 Å². The number of carbonyl (C=O) groups is 3. The Morgan fingerprint density at radius 3 is 2.41 bits per heavy atom. The summed E-state index contributed by atoms with van der Waals surface area (Å²) in [6, 6.07) is 13.0. The highest BCUT2D eigenvalue weighted by Crippen LogP contribution is 2.46. The van der Waals surface area contributed by atoms with Gasteiger partial charge in [-0.05, 0) is 82.7 Å². The average molecular weight is 602 g/mol. The summed E-state index contributed by atoms with van der Waals surface area (Å²) in [5.41, 5.74) is 0.527. The third kappa shape index (κ3) is 6.41. The van der Waals surface area contributed by atoms with Crippen LogP contribution in [0.4, 0.5) is 5.69 Å². The number of piperidine rings is 1. The number of hydrogen-bond acceptors (Lipinski definition) is 6. The number of amides is 2. The first-order valence-corrected chi connectivity index (χ1v) is 15.1. The molecule has 0 radical (unpaired) electrons. The molecular formula is C31H38Cl2N4O4. The largest absolute Gasteiger partial charge is 0.367 e. The van der Waals surface area contributed by atoms with Gasteiger partial charge in [-0.25, -0.2) is 4.79 Å². The van der Waals surface area contributed by atoms with Crippen molar-refractivity contribution in [2.75, 3.05) is 25.0 Å². The predicted octanol–water partition coefficient (Wildman–Crippen LogP) is 5.32. The van der Waals surface area contributed by atoms with Gasteiger partial charge < -0.3 is 15.5 Å². The second kappa shape index (κ2) is 11.9. The van der Waals surface area contributed by atoms with Crippen LogP contribution in [0.25, 0.3) is 0 Å². The van der Waals surface area contributed by atoms with E-state index in [1.807, 2.05) is 45.0 Å². The number of halogens is 2. The lowest BCUT2D eigenvalue weighted by Crippen LogP contribution is -2.61. The van der Waals surface area contributed by atoms with Crippen LogP contribution < -0.4 is 10.6 Å². The van der Waals surface area contributed by atoms with E-state index in [4.69, 9.17) is 28.0 Å². The SMILES string of the molecule is CC(C)(C)C(=O)ON1CCC(N(CC(=O)NC2CCC2)C2(Cc3cccc(Cl)c3)C(=O)Nc3cc(Cl)ccc32)CC1. The standard InChI is InChI=1S/C31H38Cl2N4O4/c1-30(2,3)29(40)41-36-14-12-24(13-15-36)37(19-27(38)34-23-8-5-9-23)31(18-20-6-4-7-21(32)16-20)25-11-10-22(33)17-26(25)35-28(31)39/h4,6-7,10-11,16-17,23-24H,5,8-9,12-15,18-19H2,1-3H3,(H,34,38)(H,35,39). The highest BCUT2D eigenvalue weighted by molar-refractivity contribution is 6.31. The molecule has 220 valence electrons. The molecule has 1 saturated heterocycles. The van der Waals surface area contributed by atoms with Crippen LogP contribution in [0.5, 0.6) is 0 Å². The molecule has 2 fully saturated rings. The van der Waals surface area contributed by atoms with Gasteiger partial charge >= 0.3 is 5.97 Å². The number of fused-ring (bicyclic) bond motifs is 1. The molecule has 1 atom stereocenters. The van der Waals surface area contributed by atoms with Gasteiger partial charge in [0, 0.05) is 52.9 Å². The number of nitrogens with zero attached hydrogens (tertiary/aromatic N) is 2. The van der Waals surface area contributed by atoms with Crippen LogP contribution in [0.1, 0.15) is 64.0 Å². The van der Waals surface area contributed by atoms with Crippen LogP contribution in [-0.2, 0) is 31.2 Å². The van der Waals surface area contributed by atoms with E-state index in [1.165, 1.54) is 0 Å². The van der Waals surface area contributed by atoms with E-state index in [0.717, 1.165) is 30.4 Å². The van der Waals surface area contributed by atoms with Gasteiger partial charge in [0.1, 0.15) is 5.54 Å². The van der Waals surface area contributed by atoms with E-state index in [0.29, 0.717) is 48.1 Å². The summed E-state index contributed by atoms with van der Waals surface area (Å²) in [7, 11) is 0. The quantitative estimate of drug-likeness (QED) is 0.426. The number of hydroxylamine groups is 2. The molecule has 0 spiro atoms. The Hall–Kier alpha value is -2.65. The zero-order valence-corrected chi connectivity index (χ0v) is 25.4. The fourth-order valence-electron chi connectivity index (χ4n) is 5.89. The van der Waals surface area contributed by atoms with Crippen molar-refractivity contribution in [3.8, 4) is 0 Å². The summed E-state index contributed by atoms with van der Waals surface area (Å²) in [5.74, 6) is -0.587. The van der Waals surface area contributed by atoms with Crippen LogP contribution in [-0.4, -0.2) is 59.5 Å². The van der Waals surface area contributed by atoms with E-state index >= 15 is 0 Å². The minimum Gasteiger partial charge on any atom is -0.367 e. The van der Waals surface area contributed by atoms with Crippen molar-refractivity contribution in [2.45, 2.75) is 76.9 Å². The molecule has 5 rings (SSSR count). The van der Waals surface area contributed by atoms with Crippen molar-refractivity contribution in [2.24, 2.45) is 5.41 Å². The van der Waals surface area contributed by atoms with Crippen molar-refractivity contribution >= 4 is 46.7 Å². The Morgan fingerprint density at radius 1 is 1.07 bits per heavy atom. The highest BCUT2D eigenvalue weighted by atomic mass is 35.5. The van der Waals surface area contributed by atoms with Crippen LogP contribution in [0, 0.1) is 5.41 Å². The Morgan fingerprint density at radius 2 is 1.78 bits per heavy atom. The molecule has 2 amide bonds. The van der Waals surface area contributed by atoms with Gasteiger partial charge in [-0.3, -0.25) is 14.5 Å². The maximum atomic E-state index is 14.2. The monoisotopic (exact) mass is 600 g/mol. The summed E-state index contributed by atoms with van der Waals surface area (Å²) in [4.78, 5) is 48.0. The van der Waals surface area contributed by atoms with Gasteiger partial charge in [-0.15, -0.1) is 5.06 Å². The van der Waals surface area contributed by atoms with Gasteiger partial charge in [-0.1, -0.05) is 41.4 Å². The minimum absolute atomic E-state index is 0.0546. The molecule has 2 aromatic carbocycles. The molecule has 1 saturated carbocycles. The smallest absolute Gasteiger partial charge is 0.330 e. The number of anilines is 1. The van der Waals surface area contributed by atoms with E-state index in [9.17, 15) is 14.4 Å². The van der Waals surface area contributed by atoms with Gasteiger partial charge in [0.2, 0.25) is 11.8 Å². The highest BCUT2D eigenvalue weighted by Gasteiger charge is 2.54. The maximum absolute atomic E-state index is 14.2. The molecule has 8 nitrogen and oxygen atoms in total. The maximum Gasteiger partial charge on any atom is 0.330 e. The molecule has 1 unspecified atom stereocenters. The Labute approximate surface area is 251 Å². The Balaban J connectivity index is 1.51. The van der Waals surface area contributed by atoms with Crippen molar-refractivity contribution < 1.29 is 19.2 Å². The molecule has 0 bridgehead atoms. The van der Waals surface area contributed by atoms with Gasteiger partial charge in [0.25, 0.3) is 0 Å². The average Bonchev–Trinajstić information content (AvgIpc) is 3.15. The lowest BCUT2D eigenvalue weighted by atomic mass is 9.80. The molecule has 1 aliphatic carbocycles. The lowest BCUT2D eigenvalue weighted by Gasteiger charge is -2.47. The molecule has 0 aromatic heterocycles. The summed E-state index contributed by atoms with van der Waals surface area (Å²) >= 11 is 12.7. The number of hydrogen-bond donors (Lipinski definition) is 2. The number of carbonyl (C=O) groups excluding carboxylic acids is 3. The van der Waals surface area contributed by atoms with Crippen molar-refractivity contribution in [1.29, 1.82) is 0 Å². The Kier molecular flexibility index (Phi) is 8.67. The topological polar surface area (TPSA) is 91.0 Å². The molecular weight excluding hydrogens is 563 g/mol. The molecule has 41 heavy (non-hydrogen) atoms. The minimum atomic E-state index is -1.17. The number of benzene rings is 2. The third-order valence-corrected chi connectivity index (χ3v) is 8.83. The zero-order chi connectivity index (χ0) is 29.4. The predicted molar refractivity (Wildman–Crippen MR) is 160 cm³/mol. The second-order valence-corrected chi connectivity index (χ2v) is 13.3. The number of nitrogens with one attached hydrogen (secondary N) is 2. The van der Waals surface area contributed by atoms with Gasteiger partial charge in [0.15, 0.2) is 0 Å².